The van der Waals surface area contributed by atoms with E-state index in [4.69, 9.17) is 5.73 Å². The van der Waals surface area contributed by atoms with Crippen LogP contribution in [0.1, 0.15) is 32.1 Å². The number of rotatable bonds is 4. The van der Waals surface area contributed by atoms with Crippen molar-refractivity contribution in [2.24, 2.45) is 23.5 Å². The van der Waals surface area contributed by atoms with Gasteiger partial charge >= 0.3 is 5.51 Å². The zero-order chi connectivity index (χ0) is 14.8. The van der Waals surface area contributed by atoms with Crippen LogP contribution in [0.5, 0.6) is 0 Å². The Bertz CT molecular complexity index is 337. The van der Waals surface area contributed by atoms with Crippen LogP contribution in [0.15, 0.2) is 0 Å². The lowest BCUT2D eigenvalue weighted by Crippen LogP contribution is -2.49. The number of halogens is 3. The van der Waals surface area contributed by atoms with Crippen molar-refractivity contribution >= 4 is 17.7 Å². The lowest BCUT2D eigenvalue weighted by molar-refractivity contribution is -0.127. The Morgan fingerprint density at radius 3 is 2.40 bits per heavy atom. The fraction of sp³-hybridized carbons (Fsp3) is 0.923. The summed E-state index contributed by atoms with van der Waals surface area (Å²) in [6.07, 6.45) is 4.90. The van der Waals surface area contributed by atoms with E-state index in [0.717, 1.165) is 25.7 Å². The fourth-order valence-corrected chi connectivity index (χ4v) is 3.92. The Kier molecular flexibility index (Phi) is 5.23. The highest BCUT2D eigenvalue weighted by molar-refractivity contribution is 8.00. The first-order valence-corrected chi connectivity index (χ1v) is 8.09. The quantitative estimate of drug-likeness (QED) is 0.785. The summed E-state index contributed by atoms with van der Waals surface area (Å²) < 4.78 is 35.9. The summed E-state index contributed by atoms with van der Waals surface area (Å²) >= 11 is -0.0953. The molecule has 2 rings (SSSR count). The van der Waals surface area contributed by atoms with Gasteiger partial charge in [0.1, 0.15) is 0 Å². The van der Waals surface area contributed by atoms with E-state index in [1.54, 1.807) is 0 Å². The van der Waals surface area contributed by atoms with Crippen molar-refractivity contribution in [3.8, 4) is 0 Å². The molecule has 0 aliphatic heterocycles. The van der Waals surface area contributed by atoms with Crippen LogP contribution in [-0.2, 0) is 4.79 Å². The maximum absolute atomic E-state index is 12.0. The summed E-state index contributed by atoms with van der Waals surface area (Å²) in [5, 5.41) is 2.63. The van der Waals surface area contributed by atoms with Gasteiger partial charge in [-0.3, -0.25) is 4.79 Å². The SMILES string of the molecule is NC1C2CCCC1CC(C(=O)NCCSC(F)(F)F)C2. The molecule has 2 unspecified atom stereocenters. The zero-order valence-corrected chi connectivity index (χ0v) is 12.1. The molecule has 7 heteroatoms. The van der Waals surface area contributed by atoms with E-state index in [1.807, 2.05) is 0 Å². The van der Waals surface area contributed by atoms with Crippen LogP contribution in [0.2, 0.25) is 0 Å². The van der Waals surface area contributed by atoms with Crippen molar-refractivity contribution in [3.05, 3.63) is 0 Å². The number of nitrogens with one attached hydrogen (secondary N) is 1. The van der Waals surface area contributed by atoms with Gasteiger partial charge in [-0.1, -0.05) is 6.42 Å². The number of alkyl halides is 3. The predicted molar refractivity (Wildman–Crippen MR) is 73.1 cm³/mol. The van der Waals surface area contributed by atoms with Crippen LogP contribution in [0.25, 0.3) is 0 Å². The molecule has 116 valence electrons. The van der Waals surface area contributed by atoms with Crippen molar-refractivity contribution < 1.29 is 18.0 Å². The lowest BCUT2D eigenvalue weighted by Gasteiger charge is -2.43. The molecule has 2 bridgehead atoms. The van der Waals surface area contributed by atoms with Gasteiger partial charge in [0.15, 0.2) is 0 Å². The first-order valence-electron chi connectivity index (χ1n) is 7.11. The largest absolute Gasteiger partial charge is 0.441 e. The van der Waals surface area contributed by atoms with Crippen LogP contribution in [-0.4, -0.2) is 29.8 Å². The Hall–Kier alpha value is -0.430. The first-order chi connectivity index (χ1) is 9.37. The van der Waals surface area contributed by atoms with Gasteiger partial charge in [-0.25, -0.2) is 0 Å². The molecule has 2 fully saturated rings. The van der Waals surface area contributed by atoms with Gasteiger partial charge < -0.3 is 11.1 Å². The number of amides is 1. The molecular weight excluding hydrogens is 289 g/mol. The van der Waals surface area contributed by atoms with Gasteiger partial charge in [-0.15, -0.1) is 0 Å². The monoisotopic (exact) mass is 310 g/mol. The van der Waals surface area contributed by atoms with Crippen LogP contribution in [0.4, 0.5) is 13.2 Å². The molecule has 2 aliphatic rings. The van der Waals surface area contributed by atoms with Crippen molar-refractivity contribution in [2.45, 2.75) is 43.7 Å². The third-order valence-corrected chi connectivity index (χ3v) is 5.19. The molecule has 0 aromatic rings. The molecule has 2 saturated carbocycles. The van der Waals surface area contributed by atoms with Gasteiger partial charge in [-0.2, -0.15) is 13.2 Å². The minimum Gasteiger partial charge on any atom is -0.355 e. The molecule has 0 aromatic carbocycles. The molecule has 2 aliphatic carbocycles. The molecule has 0 aromatic heterocycles. The van der Waals surface area contributed by atoms with Crippen molar-refractivity contribution in [2.75, 3.05) is 12.3 Å². The Morgan fingerprint density at radius 2 is 1.85 bits per heavy atom. The molecular formula is C13H21F3N2OS. The third kappa shape index (κ3) is 4.28. The summed E-state index contributed by atoms with van der Waals surface area (Å²) in [6, 6.07) is 0.202. The average molecular weight is 310 g/mol. The van der Waals surface area contributed by atoms with E-state index in [2.05, 4.69) is 5.32 Å². The highest BCUT2D eigenvalue weighted by Crippen LogP contribution is 2.41. The van der Waals surface area contributed by atoms with E-state index < -0.39 is 5.51 Å². The number of hydrogen-bond acceptors (Lipinski definition) is 3. The number of hydrogen-bond donors (Lipinski definition) is 2. The van der Waals surface area contributed by atoms with Gasteiger partial charge in [0.25, 0.3) is 0 Å². The molecule has 0 saturated heterocycles. The lowest BCUT2D eigenvalue weighted by atomic mass is 9.65. The Balaban J connectivity index is 1.73. The van der Waals surface area contributed by atoms with Crippen LogP contribution in [0, 0.1) is 17.8 Å². The normalized spacial score (nSPS) is 33.8. The molecule has 0 radical (unpaired) electrons. The van der Waals surface area contributed by atoms with E-state index in [9.17, 15) is 18.0 Å². The molecule has 2 atom stereocenters. The second kappa shape index (κ2) is 6.56. The fourth-order valence-electron chi connectivity index (χ4n) is 3.49. The van der Waals surface area contributed by atoms with Crippen molar-refractivity contribution in [1.29, 1.82) is 0 Å². The molecule has 0 spiro atoms. The summed E-state index contributed by atoms with van der Waals surface area (Å²) in [5.74, 6) is 0.511. The van der Waals surface area contributed by atoms with Crippen LogP contribution in [0.3, 0.4) is 0 Å². The van der Waals surface area contributed by atoms with Gasteiger partial charge in [-0.05, 0) is 49.3 Å². The highest BCUT2D eigenvalue weighted by Gasteiger charge is 2.40. The highest BCUT2D eigenvalue weighted by atomic mass is 32.2. The topological polar surface area (TPSA) is 55.1 Å². The predicted octanol–water partition coefficient (Wildman–Crippen LogP) is 2.51. The number of carbonyl (C=O) groups is 1. The second-order valence-corrected chi connectivity index (χ2v) is 6.94. The van der Waals surface area contributed by atoms with Crippen molar-refractivity contribution in [3.63, 3.8) is 0 Å². The number of thioether (sulfide) groups is 1. The molecule has 0 heterocycles. The molecule has 20 heavy (non-hydrogen) atoms. The zero-order valence-electron chi connectivity index (χ0n) is 11.3. The third-order valence-electron chi connectivity index (χ3n) is 4.45. The minimum absolute atomic E-state index is 0.0685. The molecule has 1 amide bonds. The second-order valence-electron chi connectivity index (χ2n) is 5.78. The maximum atomic E-state index is 12.0. The Morgan fingerprint density at radius 1 is 1.25 bits per heavy atom. The first kappa shape index (κ1) is 15.9. The number of fused-ring (bicyclic) bond motifs is 2. The maximum Gasteiger partial charge on any atom is 0.441 e. The van der Waals surface area contributed by atoms with Gasteiger partial charge in [0.2, 0.25) is 5.91 Å². The standard InChI is InChI=1S/C13H21F3N2OS/c14-13(15,16)20-5-4-18-12(19)10-6-8-2-1-3-9(7-10)11(8)17/h8-11H,1-7,17H2,(H,18,19). The summed E-state index contributed by atoms with van der Waals surface area (Å²) in [6.45, 7) is 0.0703. The smallest absolute Gasteiger partial charge is 0.355 e. The molecule has 3 N–H and O–H groups in total. The summed E-state index contributed by atoms with van der Waals surface area (Å²) in [7, 11) is 0. The average Bonchev–Trinajstić information content (AvgIpc) is 2.33. The minimum atomic E-state index is -4.22. The van der Waals surface area contributed by atoms with Gasteiger partial charge in [0, 0.05) is 24.3 Å². The van der Waals surface area contributed by atoms with E-state index in [-0.39, 0.29) is 41.9 Å². The van der Waals surface area contributed by atoms with E-state index in [1.165, 1.54) is 6.42 Å². The van der Waals surface area contributed by atoms with E-state index >= 15 is 0 Å². The van der Waals surface area contributed by atoms with Gasteiger partial charge in [0.05, 0.1) is 0 Å². The van der Waals surface area contributed by atoms with E-state index in [0.29, 0.717) is 11.8 Å². The number of nitrogens with two attached hydrogens (primary N) is 1. The number of carbonyl (C=O) groups excluding carboxylic acids is 1. The molecule has 3 nitrogen and oxygen atoms in total. The Labute approximate surface area is 121 Å². The van der Waals surface area contributed by atoms with Crippen molar-refractivity contribution in [1.82, 2.24) is 5.32 Å². The summed E-state index contributed by atoms with van der Waals surface area (Å²) in [4.78, 5) is 12.0. The van der Waals surface area contributed by atoms with Crippen LogP contribution < -0.4 is 11.1 Å². The summed E-state index contributed by atoms with van der Waals surface area (Å²) in [5.41, 5.74) is 1.93. The van der Waals surface area contributed by atoms with Crippen LogP contribution >= 0.6 is 11.8 Å².